The van der Waals surface area contributed by atoms with E-state index in [9.17, 15) is 4.79 Å². The van der Waals surface area contributed by atoms with E-state index < -0.39 is 0 Å². The van der Waals surface area contributed by atoms with Crippen molar-refractivity contribution >= 4 is 17.9 Å². The Labute approximate surface area is 106 Å². The van der Waals surface area contributed by atoms with Crippen molar-refractivity contribution in [3.63, 3.8) is 0 Å². The van der Waals surface area contributed by atoms with E-state index in [2.05, 4.69) is 35.5 Å². The number of rotatable bonds is 3. The molecule has 1 aliphatic heterocycles. The summed E-state index contributed by atoms with van der Waals surface area (Å²) in [6.07, 6.45) is 0. The molecule has 4 heteroatoms. The van der Waals surface area contributed by atoms with E-state index in [1.165, 1.54) is 17.6 Å². The smallest absolute Gasteiger partial charge is 0.314 e. The van der Waals surface area contributed by atoms with Crippen molar-refractivity contribution in [1.82, 2.24) is 4.31 Å². The van der Waals surface area contributed by atoms with Gasteiger partial charge in [-0.2, -0.15) is 0 Å². The first-order valence-electron chi connectivity index (χ1n) is 5.61. The minimum Gasteiger partial charge on any atom is -0.469 e. The second-order valence-corrected chi connectivity index (χ2v) is 5.93. The molecule has 17 heavy (non-hydrogen) atoms. The Morgan fingerprint density at radius 3 is 2.76 bits per heavy atom. The highest BCUT2D eigenvalue weighted by Gasteiger charge is 2.46. The lowest BCUT2D eigenvalue weighted by atomic mass is 9.84. The number of aryl methyl sites for hydroxylation is 1. The summed E-state index contributed by atoms with van der Waals surface area (Å²) in [5.41, 5.74) is 0.928. The van der Waals surface area contributed by atoms with Crippen LogP contribution in [0, 0.1) is 12.3 Å². The molecular weight excluding hydrogens is 234 g/mol. The lowest BCUT2D eigenvalue weighted by molar-refractivity contribution is -0.158. The first-order valence-corrected chi connectivity index (χ1v) is 6.39. The van der Waals surface area contributed by atoms with E-state index in [-0.39, 0.29) is 11.4 Å². The summed E-state index contributed by atoms with van der Waals surface area (Å²) in [5, 5.41) is 0. The van der Waals surface area contributed by atoms with Crippen molar-refractivity contribution in [3.8, 4) is 0 Å². The Bertz CT molecular complexity index is 427. The summed E-state index contributed by atoms with van der Waals surface area (Å²) >= 11 is 1.70. The zero-order valence-electron chi connectivity index (χ0n) is 10.4. The molecule has 1 fully saturated rings. The largest absolute Gasteiger partial charge is 0.469 e. The maximum absolute atomic E-state index is 11.5. The molecule has 2 rings (SSSR count). The topological polar surface area (TPSA) is 29.5 Å². The van der Waals surface area contributed by atoms with Crippen LogP contribution in [0.4, 0.5) is 0 Å². The Hall–Kier alpha value is -1.00. The zero-order chi connectivity index (χ0) is 12.5. The molecule has 1 saturated heterocycles. The van der Waals surface area contributed by atoms with Crippen LogP contribution < -0.4 is 0 Å². The van der Waals surface area contributed by atoms with Gasteiger partial charge in [-0.3, -0.25) is 4.79 Å². The van der Waals surface area contributed by atoms with Crippen LogP contribution in [-0.4, -0.2) is 30.5 Å². The molecular formula is C13H17NO2S. The Morgan fingerprint density at radius 2 is 2.18 bits per heavy atom. The van der Waals surface area contributed by atoms with Gasteiger partial charge in [0.05, 0.1) is 12.5 Å². The second kappa shape index (κ2) is 4.70. The quantitative estimate of drug-likeness (QED) is 0.610. The highest BCUT2D eigenvalue weighted by atomic mass is 32.2. The Balaban J connectivity index is 1.91. The molecule has 1 aromatic rings. The summed E-state index contributed by atoms with van der Waals surface area (Å²) in [6, 6.07) is 8.37. The van der Waals surface area contributed by atoms with E-state index >= 15 is 0 Å². The lowest BCUT2D eigenvalue weighted by Crippen LogP contribution is -2.55. The maximum atomic E-state index is 11.5. The van der Waals surface area contributed by atoms with Gasteiger partial charge in [-0.05, 0) is 43.5 Å². The highest BCUT2D eigenvalue weighted by molar-refractivity contribution is 7.97. The maximum Gasteiger partial charge on any atom is 0.314 e. The van der Waals surface area contributed by atoms with E-state index in [4.69, 9.17) is 4.74 Å². The monoisotopic (exact) mass is 251 g/mol. The van der Waals surface area contributed by atoms with E-state index in [0.29, 0.717) is 0 Å². The van der Waals surface area contributed by atoms with Crippen LogP contribution in [0.5, 0.6) is 0 Å². The molecule has 1 aliphatic rings. The number of ether oxygens (including phenoxy) is 1. The summed E-state index contributed by atoms with van der Waals surface area (Å²) in [5.74, 6) is -0.112. The predicted octanol–water partition coefficient (Wildman–Crippen LogP) is 2.50. The Morgan fingerprint density at radius 1 is 1.47 bits per heavy atom. The normalized spacial score (nSPS) is 18.5. The fraction of sp³-hybridized carbons (Fsp3) is 0.462. The van der Waals surface area contributed by atoms with Crippen molar-refractivity contribution in [2.24, 2.45) is 5.41 Å². The molecule has 1 heterocycles. The number of benzene rings is 1. The van der Waals surface area contributed by atoms with Gasteiger partial charge in [0.25, 0.3) is 0 Å². The molecule has 0 amide bonds. The van der Waals surface area contributed by atoms with Crippen molar-refractivity contribution in [3.05, 3.63) is 29.8 Å². The fourth-order valence-electron chi connectivity index (χ4n) is 1.99. The van der Waals surface area contributed by atoms with Crippen LogP contribution in [0.1, 0.15) is 12.5 Å². The van der Waals surface area contributed by atoms with Gasteiger partial charge in [0.15, 0.2) is 0 Å². The van der Waals surface area contributed by atoms with Gasteiger partial charge in [-0.25, -0.2) is 4.31 Å². The van der Waals surface area contributed by atoms with Crippen LogP contribution in [0.15, 0.2) is 29.2 Å². The number of carbonyl (C=O) groups excluding carboxylic acids is 1. The van der Waals surface area contributed by atoms with Gasteiger partial charge < -0.3 is 4.74 Å². The summed E-state index contributed by atoms with van der Waals surface area (Å²) in [4.78, 5) is 12.7. The number of hydrogen-bond donors (Lipinski definition) is 0. The molecule has 1 aromatic carbocycles. The summed E-state index contributed by atoms with van der Waals surface area (Å²) in [7, 11) is 1.45. The van der Waals surface area contributed by atoms with Crippen molar-refractivity contribution in [1.29, 1.82) is 0 Å². The standard InChI is InChI=1S/C13H17NO2S/c1-10-5-4-6-11(7-10)17-14-8-13(2,9-14)12(15)16-3/h4-7H,8-9H2,1-3H3. The Kier molecular flexibility index (Phi) is 3.45. The van der Waals surface area contributed by atoms with Crippen LogP contribution >= 0.6 is 11.9 Å². The van der Waals surface area contributed by atoms with Crippen LogP contribution in [0.25, 0.3) is 0 Å². The van der Waals surface area contributed by atoms with Crippen LogP contribution in [-0.2, 0) is 9.53 Å². The van der Waals surface area contributed by atoms with Gasteiger partial charge in [0.2, 0.25) is 0 Å². The minimum atomic E-state index is -0.328. The third kappa shape index (κ3) is 2.64. The number of hydrogen-bond acceptors (Lipinski definition) is 4. The minimum absolute atomic E-state index is 0.112. The first-order chi connectivity index (χ1) is 8.03. The first kappa shape index (κ1) is 12.5. The molecule has 0 unspecified atom stereocenters. The molecule has 0 saturated carbocycles. The number of esters is 1. The number of nitrogens with zero attached hydrogens (tertiary/aromatic N) is 1. The average molecular weight is 251 g/mol. The SMILES string of the molecule is COC(=O)C1(C)CN(Sc2cccc(C)c2)C1. The molecule has 0 bridgehead atoms. The average Bonchev–Trinajstić information content (AvgIpc) is 2.25. The van der Waals surface area contributed by atoms with E-state index in [1.807, 2.05) is 6.92 Å². The summed E-state index contributed by atoms with van der Waals surface area (Å²) in [6.45, 7) is 5.53. The predicted molar refractivity (Wildman–Crippen MR) is 68.7 cm³/mol. The summed E-state index contributed by atoms with van der Waals surface area (Å²) < 4.78 is 6.99. The molecule has 0 aromatic heterocycles. The molecule has 0 aliphatic carbocycles. The molecule has 0 N–H and O–H groups in total. The van der Waals surface area contributed by atoms with Gasteiger partial charge in [0.1, 0.15) is 0 Å². The van der Waals surface area contributed by atoms with Crippen molar-refractivity contribution < 1.29 is 9.53 Å². The number of methoxy groups -OCH3 is 1. The second-order valence-electron chi connectivity index (χ2n) is 4.76. The van der Waals surface area contributed by atoms with Gasteiger partial charge >= 0.3 is 5.97 Å². The zero-order valence-corrected chi connectivity index (χ0v) is 11.2. The molecule has 0 radical (unpaired) electrons. The highest BCUT2D eigenvalue weighted by Crippen LogP contribution is 2.38. The van der Waals surface area contributed by atoms with Gasteiger partial charge in [-0.15, -0.1) is 0 Å². The lowest BCUT2D eigenvalue weighted by Gasteiger charge is -2.44. The van der Waals surface area contributed by atoms with E-state index in [0.717, 1.165) is 13.1 Å². The molecule has 0 atom stereocenters. The molecule has 0 spiro atoms. The van der Waals surface area contributed by atoms with Gasteiger partial charge in [0, 0.05) is 18.0 Å². The molecule has 92 valence electrons. The number of carbonyl (C=O) groups is 1. The van der Waals surface area contributed by atoms with Crippen LogP contribution in [0.2, 0.25) is 0 Å². The third-order valence-electron chi connectivity index (χ3n) is 2.95. The third-order valence-corrected chi connectivity index (χ3v) is 3.93. The van der Waals surface area contributed by atoms with Crippen molar-refractivity contribution in [2.75, 3.05) is 20.2 Å². The fourth-order valence-corrected chi connectivity index (χ4v) is 3.37. The van der Waals surface area contributed by atoms with Crippen molar-refractivity contribution in [2.45, 2.75) is 18.7 Å². The molecule has 3 nitrogen and oxygen atoms in total. The van der Waals surface area contributed by atoms with Gasteiger partial charge in [-0.1, -0.05) is 12.1 Å². The van der Waals surface area contributed by atoms with E-state index in [1.54, 1.807) is 11.9 Å². The van der Waals surface area contributed by atoms with Crippen LogP contribution in [0.3, 0.4) is 0 Å².